The number of carbonyl (C=O) groups excluding carboxylic acids is 1. The average molecular weight is 482 g/mol. The van der Waals surface area contributed by atoms with Gasteiger partial charge in [0.1, 0.15) is 4.90 Å². The lowest BCUT2D eigenvalue weighted by molar-refractivity contribution is 0.0936. The maximum atomic E-state index is 13.3. The number of aromatic nitrogens is 1. The Bertz CT molecular complexity index is 1420. The second-order valence-corrected chi connectivity index (χ2v) is 9.50. The van der Waals surface area contributed by atoms with E-state index in [0.717, 1.165) is 5.56 Å². The number of nitrogens with zero attached hydrogens (tertiary/aromatic N) is 1. The van der Waals surface area contributed by atoms with Crippen LogP contribution in [0.5, 0.6) is 0 Å². The lowest BCUT2D eigenvalue weighted by Crippen LogP contribution is -2.29. The van der Waals surface area contributed by atoms with Gasteiger partial charge in [-0.3, -0.25) is 14.5 Å². The van der Waals surface area contributed by atoms with Crippen LogP contribution in [0.2, 0.25) is 5.02 Å². The highest BCUT2D eigenvalue weighted by Crippen LogP contribution is 2.29. The topological polar surface area (TPSA) is 88.2 Å². The van der Waals surface area contributed by atoms with E-state index in [2.05, 4.69) is 15.0 Å². The second kappa shape index (κ2) is 9.60. The summed E-state index contributed by atoms with van der Waals surface area (Å²) in [6.07, 6.45) is 2.14. The first-order valence-corrected chi connectivity index (χ1v) is 12.3. The van der Waals surface area contributed by atoms with Crippen molar-refractivity contribution < 1.29 is 14.6 Å². The standard InChI is InChI=1S/C25H22ClN3O3S.H2/c1-2-21(17-9-4-3-5-10-17)28-25(30)19-11-6-7-13-22(19)29-33(31,32)23-14-8-12-18-20(26)15-16-27-24(18)23;/h3-16,21,29H,2H2,1H3,(H,28,30);1H/t21-;/m0./s1. The molecule has 0 aliphatic carbocycles. The molecule has 0 fully saturated rings. The zero-order chi connectivity index (χ0) is 23.4. The minimum Gasteiger partial charge on any atom is -0.345 e. The molecule has 0 aliphatic heterocycles. The van der Waals surface area contributed by atoms with Gasteiger partial charge in [-0.25, -0.2) is 8.42 Å². The first kappa shape index (κ1) is 22.8. The van der Waals surface area contributed by atoms with Crippen LogP contribution in [-0.2, 0) is 10.0 Å². The van der Waals surface area contributed by atoms with Gasteiger partial charge in [0.2, 0.25) is 0 Å². The molecule has 1 amide bonds. The number of sulfonamides is 1. The summed E-state index contributed by atoms with van der Waals surface area (Å²) in [5, 5.41) is 3.93. The zero-order valence-corrected chi connectivity index (χ0v) is 19.4. The van der Waals surface area contributed by atoms with Crippen molar-refractivity contribution in [2.75, 3.05) is 4.72 Å². The molecule has 0 spiro atoms. The molecule has 0 unspecified atom stereocenters. The summed E-state index contributed by atoms with van der Waals surface area (Å²) in [6, 6.07) is 22.3. The number of benzene rings is 3. The Labute approximate surface area is 199 Å². The molecule has 6 nitrogen and oxygen atoms in total. The van der Waals surface area contributed by atoms with E-state index in [-0.39, 0.29) is 35.0 Å². The van der Waals surface area contributed by atoms with Gasteiger partial charge in [0, 0.05) is 13.0 Å². The molecule has 2 N–H and O–H groups in total. The lowest BCUT2D eigenvalue weighted by Gasteiger charge is -2.19. The van der Waals surface area contributed by atoms with E-state index in [1.165, 1.54) is 12.3 Å². The normalized spacial score (nSPS) is 12.3. The molecule has 0 saturated heterocycles. The Balaban J connectivity index is 0.00000324. The van der Waals surface area contributed by atoms with Crippen molar-refractivity contribution in [3.8, 4) is 0 Å². The van der Waals surface area contributed by atoms with Gasteiger partial charge in [-0.2, -0.15) is 0 Å². The fourth-order valence-electron chi connectivity index (χ4n) is 3.64. The summed E-state index contributed by atoms with van der Waals surface area (Å²) in [6.45, 7) is 1.98. The highest BCUT2D eigenvalue weighted by molar-refractivity contribution is 7.93. The van der Waals surface area contributed by atoms with Crippen LogP contribution in [-0.4, -0.2) is 19.3 Å². The van der Waals surface area contributed by atoms with Gasteiger partial charge in [0.15, 0.2) is 0 Å². The molecule has 4 rings (SSSR count). The average Bonchev–Trinajstić information content (AvgIpc) is 2.83. The third kappa shape index (κ3) is 4.84. The maximum absolute atomic E-state index is 13.3. The molecular weight excluding hydrogens is 458 g/mol. The number of nitrogens with one attached hydrogen (secondary N) is 2. The fraction of sp³-hybridized carbons (Fsp3) is 0.120. The number of fused-ring (bicyclic) bond motifs is 1. The van der Waals surface area contributed by atoms with E-state index >= 15 is 0 Å². The van der Waals surface area contributed by atoms with Crippen molar-refractivity contribution in [2.45, 2.75) is 24.3 Å². The highest BCUT2D eigenvalue weighted by atomic mass is 35.5. The number of carbonyl (C=O) groups is 1. The summed E-state index contributed by atoms with van der Waals surface area (Å²) >= 11 is 6.21. The van der Waals surface area contributed by atoms with Crippen LogP contribution in [0, 0.1) is 0 Å². The van der Waals surface area contributed by atoms with Gasteiger partial charge in [-0.1, -0.05) is 73.1 Å². The minimum absolute atomic E-state index is 0. The summed E-state index contributed by atoms with van der Waals surface area (Å²) in [7, 11) is -4.05. The van der Waals surface area contributed by atoms with Gasteiger partial charge in [0.25, 0.3) is 15.9 Å². The van der Waals surface area contributed by atoms with Crippen LogP contribution >= 0.6 is 11.6 Å². The molecule has 0 aliphatic rings. The van der Waals surface area contributed by atoms with Crippen molar-refractivity contribution in [3.05, 3.63) is 101 Å². The quantitative estimate of drug-likeness (QED) is 0.348. The Morgan fingerprint density at radius 2 is 1.73 bits per heavy atom. The Hall–Kier alpha value is -3.42. The van der Waals surface area contributed by atoms with Crippen LogP contribution in [0.4, 0.5) is 5.69 Å². The third-order valence-electron chi connectivity index (χ3n) is 5.30. The van der Waals surface area contributed by atoms with Crippen molar-refractivity contribution in [3.63, 3.8) is 0 Å². The molecule has 1 aromatic heterocycles. The van der Waals surface area contributed by atoms with Crippen LogP contribution in [0.15, 0.2) is 90.0 Å². The van der Waals surface area contributed by atoms with Crippen molar-refractivity contribution in [1.82, 2.24) is 10.3 Å². The van der Waals surface area contributed by atoms with Crippen LogP contribution < -0.4 is 10.0 Å². The van der Waals surface area contributed by atoms with Crippen LogP contribution in [0.3, 0.4) is 0 Å². The van der Waals surface area contributed by atoms with E-state index in [0.29, 0.717) is 16.8 Å². The smallest absolute Gasteiger partial charge is 0.264 e. The number of hydrogen-bond donors (Lipinski definition) is 2. The fourth-order valence-corrected chi connectivity index (χ4v) is 5.11. The monoisotopic (exact) mass is 481 g/mol. The zero-order valence-electron chi connectivity index (χ0n) is 17.8. The summed E-state index contributed by atoms with van der Waals surface area (Å²) in [4.78, 5) is 17.3. The molecule has 1 atom stereocenters. The van der Waals surface area contributed by atoms with Gasteiger partial charge >= 0.3 is 0 Å². The van der Waals surface area contributed by atoms with Crippen LogP contribution in [0.1, 0.15) is 36.7 Å². The lowest BCUT2D eigenvalue weighted by atomic mass is 10.0. The predicted octanol–water partition coefficient (Wildman–Crippen LogP) is 5.82. The van der Waals surface area contributed by atoms with E-state index < -0.39 is 10.0 Å². The first-order valence-electron chi connectivity index (χ1n) is 10.4. The third-order valence-corrected chi connectivity index (χ3v) is 7.03. The molecule has 1 heterocycles. The maximum Gasteiger partial charge on any atom is 0.264 e. The minimum atomic E-state index is -4.05. The largest absolute Gasteiger partial charge is 0.345 e. The van der Waals surface area contributed by atoms with Crippen molar-refractivity contribution in [2.24, 2.45) is 0 Å². The Morgan fingerprint density at radius 3 is 2.48 bits per heavy atom. The van der Waals surface area contributed by atoms with E-state index in [1.807, 2.05) is 37.3 Å². The van der Waals surface area contributed by atoms with Crippen molar-refractivity contribution >= 4 is 44.1 Å². The molecular formula is C25H24ClN3O3S. The molecule has 33 heavy (non-hydrogen) atoms. The highest BCUT2D eigenvalue weighted by Gasteiger charge is 2.23. The molecule has 4 aromatic rings. The van der Waals surface area contributed by atoms with Gasteiger partial charge < -0.3 is 5.32 Å². The molecule has 0 bridgehead atoms. The van der Waals surface area contributed by atoms with Crippen LogP contribution in [0.25, 0.3) is 10.9 Å². The number of amides is 1. The summed E-state index contributed by atoms with van der Waals surface area (Å²) in [5.41, 5.74) is 1.64. The Morgan fingerprint density at radius 1 is 1.00 bits per heavy atom. The van der Waals surface area contributed by atoms with Gasteiger partial charge in [0.05, 0.1) is 27.8 Å². The van der Waals surface area contributed by atoms with E-state index in [1.54, 1.807) is 42.5 Å². The number of rotatable bonds is 7. The molecule has 170 valence electrons. The molecule has 8 heteroatoms. The Kier molecular flexibility index (Phi) is 6.62. The summed E-state index contributed by atoms with van der Waals surface area (Å²) in [5.74, 6) is -0.372. The van der Waals surface area contributed by atoms with Crippen molar-refractivity contribution in [1.29, 1.82) is 0 Å². The van der Waals surface area contributed by atoms with E-state index in [4.69, 9.17) is 11.6 Å². The molecule has 3 aromatic carbocycles. The summed E-state index contributed by atoms with van der Waals surface area (Å²) < 4.78 is 29.1. The predicted molar refractivity (Wildman–Crippen MR) is 133 cm³/mol. The number of pyridine rings is 1. The SMILES string of the molecule is CC[C@H](NC(=O)c1ccccc1NS(=O)(=O)c1cccc2c(Cl)ccnc12)c1ccccc1.[HH]. The number of halogens is 1. The molecule has 0 radical (unpaired) electrons. The van der Waals surface area contributed by atoms with Gasteiger partial charge in [-0.15, -0.1) is 0 Å². The number of anilines is 1. The van der Waals surface area contributed by atoms with Gasteiger partial charge in [-0.05, 0) is 36.2 Å². The van der Waals surface area contributed by atoms with E-state index in [9.17, 15) is 13.2 Å². The molecule has 0 saturated carbocycles. The first-order chi connectivity index (χ1) is 15.9. The number of hydrogen-bond acceptors (Lipinski definition) is 4. The second-order valence-electron chi connectivity index (χ2n) is 7.44. The number of para-hydroxylation sites is 2.